The molecule has 1 atom stereocenters. The van der Waals surface area contributed by atoms with Gasteiger partial charge in [-0.05, 0) is 72.8 Å². The minimum atomic E-state index is -1.19. The molecule has 0 amide bonds. The molecule has 0 aromatic heterocycles. The molecule has 2 aromatic rings. The average Bonchev–Trinajstić information content (AvgIpc) is 3.92. The van der Waals surface area contributed by atoms with Crippen LogP contribution in [-0.4, -0.2) is 6.61 Å². The maximum atomic E-state index is 15.3. The number of hydrogen-bond acceptors (Lipinski definition) is 1. The van der Waals surface area contributed by atoms with Gasteiger partial charge in [0.1, 0.15) is 0 Å². The lowest BCUT2D eigenvalue weighted by Crippen LogP contribution is -2.17. The summed E-state index contributed by atoms with van der Waals surface area (Å²) in [6.07, 6.45) is 24.5. The van der Waals surface area contributed by atoms with E-state index in [1.165, 1.54) is 102 Å². The third kappa shape index (κ3) is 8.99. The van der Waals surface area contributed by atoms with Crippen LogP contribution in [0.15, 0.2) is 18.2 Å². The number of hydrogen-bond donors (Lipinski definition) is 0. The van der Waals surface area contributed by atoms with E-state index >= 15 is 13.2 Å². The van der Waals surface area contributed by atoms with Gasteiger partial charge in [-0.3, -0.25) is 0 Å². The summed E-state index contributed by atoms with van der Waals surface area (Å²) in [5.74, 6) is -2.18. The first-order chi connectivity index (χ1) is 20.5. The van der Waals surface area contributed by atoms with Crippen LogP contribution in [0, 0.1) is 41.0 Å². The van der Waals surface area contributed by atoms with E-state index in [-0.39, 0.29) is 16.9 Å². The summed E-state index contributed by atoms with van der Waals surface area (Å²) < 4.78 is 66.0. The lowest BCUT2D eigenvalue weighted by molar-refractivity contribution is 0.285. The fourth-order valence-electron chi connectivity index (χ4n) is 6.84. The molecule has 0 saturated heterocycles. The fraction of sp³-hybridized carbons (Fsp3) is 0.676. The molecular formula is C37H50F4O. The Bertz CT molecular complexity index is 1150. The van der Waals surface area contributed by atoms with Gasteiger partial charge in [0.2, 0.25) is 5.82 Å². The maximum absolute atomic E-state index is 15.3. The van der Waals surface area contributed by atoms with Crippen molar-refractivity contribution in [3.8, 4) is 16.9 Å². The number of aryl methyl sites for hydroxylation is 1. The summed E-state index contributed by atoms with van der Waals surface area (Å²) in [6.45, 7) is 0.308. The summed E-state index contributed by atoms with van der Waals surface area (Å²) in [5.41, 5.74) is 0.670. The third-order valence-corrected chi connectivity index (χ3v) is 9.93. The highest BCUT2D eigenvalue weighted by atomic mass is 19.2. The Balaban J connectivity index is 1.08. The van der Waals surface area contributed by atoms with Gasteiger partial charge in [0, 0.05) is 11.1 Å². The molecule has 2 fully saturated rings. The van der Waals surface area contributed by atoms with Crippen molar-refractivity contribution >= 4 is 0 Å². The van der Waals surface area contributed by atoms with E-state index in [1.54, 1.807) is 0 Å². The molecular weight excluding hydrogens is 536 g/mol. The van der Waals surface area contributed by atoms with Crippen LogP contribution in [-0.2, 0) is 12.8 Å². The second kappa shape index (κ2) is 15.6. The number of benzene rings is 2. The Morgan fingerprint density at radius 3 is 1.71 bits per heavy atom. The van der Waals surface area contributed by atoms with Crippen LogP contribution in [0.25, 0.3) is 11.1 Å². The average molecular weight is 587 g/mol. The van der Waals surface area contributed by atoms with Gasteiger partial charge in [-0.2, -0.15) is 4.39 Å². The summed E-state index contributed by atoms with van der Waals surface area (Å²) in [6, 6.07) is 4.18. The van der Waals surface area contributed by atoms with E-state index in [4.69, 9.17) is 4.74 Å². The van der Waals surface area contributed by atoms with Gasteiger partial charge in [-0.25, -0.2) is 13.2 Å². The quantitative estimate of drug-likeness (QED) is 0.117. The smallest absolute Gasteiger partial charge is 0.201 e. The Morgan fingerprint density at radius 2 is 1.10 bits per heavy atom. The van der Waals surface area contributed by atoms with Crippen LogP contribution in [0.4, 0.5) is 17.6 Å². The van der Waals surface area contributed by atoms with Gasteiger partial charge in [-0.15, -0.1) is 0 Å². The van der Waals surface area contributed by atoms with Crippen molar-refractivity contribution in [2.75, 3.05) is 6.61 Å². The van der Waals surface area contributed by atoms with E-state index in [0.29, 0.717) is 36.5 Å². The highest BCUT2D eigenvalue weighted by Gasteiger charge is 2.28. The molecule has 2 saturated carbocycles. The number of fused-ring (bicyclic) bond motifs is 1. The van der Waals surface area contributed by atoms with E-state index in [0.717, 1.165) is 50.4 Å². The minimum absolute atomic E-state index is 0.176. The Morgan fingerprint density at radius 1 is 0.548 bits per heavy atom. The van der Waals surface area contributed by atoms with Crippen LogP contribution in [0.5, 0.6) is 5.75 Å². The minimum Gasteiger partial charge on any atom is -0.490 e. The second-order valence-electron chi connectivity index (χ2n) is 13.5. The van der Waals surface area contributed by atoms with E-state index in [2.05, 4.69) is 0 Å². The molecule has 0 radical (unpaired) electrons. The van der Waals surface area contributed by atoms with E-state index < -0.39 is 23.3 Å². The molecule has 0 spiro atoms. The molecule has 3 aliphatic carbocycles. The zero-order valence-corrected chi connectivity index (χ0v) is 25.4. The van der Waals surface area contributed by atoms with Gasteiger partial charge < -0.3 is 4.74 Å². The van der Waals surface area contributed by atoms with E-state index in [9.17, 15) is 4.39 Å². The molecule has 42 heavy (non-hydrogen) atoms. The zero-order valence-electron chi connectivity index (χ0n) is 25.4. The monoisotopic (exact) mass is 586 g/mol. The van der Waals surface area contributed by atoms with E-state index in [1.807, 2.05) is 0 Å². The van der Waals surface area contributed by atoms with Gasteiger partial charge in [0.05, 0.1) is 6.61 Å². The largest absolute Gasteiger partial charge is 0.490 e. The summed E-state index contributed by atoms with van der Waals surface area (Å²) in [4.78, 5) is 0. The first-order valence-corrected chi connectivity index (χ1v) is 17.1. The van der Waals surface area contributed by atoms with Crippen molar-refractivity contribution in [2.24, 2.45) is 17.8 Å². The fourth-order valence-corrected chi connectivity index (χ4v) is 6.84. The molecule has 5 rings (SSSR count). The first-order valence-electron chi connectivity index (χ1n) is 17.1. The Labute approximate surface area is 250 Å². The van der Waals surface area contributed by atoms with Crippen LogP contribution < -0.4 is 4.74 Å². The summed E-state index contributed by atoms with van der Waals surface area (Å²) in [7, 11) is 0. The van der Waals surface area contributed by atoms with Gasteiger partial charge in [0.15, 0.2) is 23.2 Å². The van der Waals surface area contributed by atoms with Crippen LogP contribution in [0.1, 0.15) is 133 Å². The lowest BCUT2D eigenvalue weighted by Gasteiger charge is -2.26. The highest BCUT2D eigenvalue weighted by molar-refractivity contribution is 5.68. The molecule has 0 heterocycles. The Hall–Kier alpha value is -2.04. The predicted octanol–water partition coefficient (Wildman–Crippen LogP) is 11.7. The first kappa shape index (κ1) is 31.4. The molecule has 0 aliphatic heterocycles. The number of ether oxygens (including phenoxy) is 1. The molecule has 1 unspecified atom stereocenters. The van der Waals surface area contributed by atoms with Crippen molar-refractivity contribution in [2.45, 2.75) is 135 Å². The molecule has 232 valence electrons. The predicted molar refractivity (Wildman–Crippen MR) is 163 cm³/mol. The summed E-state index contributed by atoms with van der Waals surface area (Å²) in [5, 5.41) is 0. The third-order valence-electron chi connectivity index (χ3n) is 9.93. The van der Waals surface area contributed by atoms with Crippen molar-refractivity contribution in [1.29, 1.82) is 0 Å². The zero-order chi connectivity index (χ0) is 29.3. The molecule has 0 bridgehead atoms. The molecule has 5 heteroatoms. The van der Waals surface area contributed by atoms with Crippen molar-refractivity contribution in [3.63, 3.8) is 0 Å². The molecule has 3 aliphatic rings. The van der Waals surface area contributed by atoms with Crippen LogP contribution >= 0.6 is 0 Å². The highest BCUT2D eigenvalue weighted by Crippen LogP contribution is 2.39. The molecule has 2 aromatic carbocycles. The van der Waals surface area contributed by atoms with Crippen LogP contribution in [0.2, 0.25) is 0 Å². The lowest BCUT2D eigenvalue weighted by atomic mass is 9.80. The Kier molecular flexibility index (Phi) is 11.7. The second-order valence-corrected chi connectivity index (χ2v) is 13.5. The molecule has 0 N–H and O–H groups in total. The number of unbranched alkanes of at least 4 members (excludes halogenated alkanes) is 9. The van der Waals surface area contributed by atoms with Crippen molar-refractivity contribution in [1.82, 2.24) is 0 Å². The van der Waals surface area contributed by atoms with Gasteiger partial charge in [-0.1, -0.05) is 109 Å². The SMILES string of the molecule is Fc1c(OCCCCCCC2CC2)ccc(-c2cc3c(c(F)c2F)CC(CCCCCCCCCC2CC2)CC3)c1F. The van der Waals surface area contributed by atoms with Crippen LogP contribution in [0.3, 0.4) is 0 Å². The molecule has 1 nitrogen and oxygen atoms in total. The standard InChI is InChI=1S/C37H50F4O/c38-34-30(21-22-33(37(34)41)42-23-11-7-6-9-13-27-17-18-27)32-25-29-20-19-28(24-31(29)35(39)36(32)40)14-10-5-3-1-2-4-8-12-26-15-16-26/h21-22,25-28H,1-20,23-24H2. The van der Waals surface area contributed by atoms with Gasteiger partial charge >= 0.3 is 0 Å². The number of rotatable bonds is 19. The van der Waals surface area contributed by atoms with Gasteiger partial charge in [0.25, 0.3) is 0 Å². The topological polar surface area (TPSA) is 9.23 Å². The number of halogens is 4. The maximum Gasteiger partial charge on any atom is 0.201 e. The van der Waals surface area contributed by atoms with Crippen molar-refractivity contribution in [3.05, 3.63) is 52.6 Å². The normalized spacial score (nSPS) is 18.3. The van der Waals surface area contributed by atoms with Crippen molar-refractivity contribution < 1.29 is 22.3 Å². The summed E-state index contributed by atoms with van der Waals surface area (Å²) >= 11 is 0.